The zero-order valence-electron chi connectivity index (χ0n) is 9.14. The number of rotatable bonds is 8. The minimum Gasteiger partial charge on any atom is -0.600 e. The van der Waals surface area contributed by atoms with Gasteiger partial charge in [0.25, 0.3) is 0 Å². The van der Waals surface area contributed by atoms with Crippen LogP contribution in [0.2, 0.25) is 0 Å². The van der Waals surface area contributed by atoms with Gasteiger partial charge in [0.15, 0.2) is 0 Å². The van der Waals surface area contributed by atoms with Crippen molar-refractivity contribution in [3.8, 4) is 0 Å². The van der Waals surface area contributed by atoms with Crippen molar-refractivity contribution < 1.29 is 10.1 Å². The Balaban J connectivity index is 3.36. The molecule has 0 aromatic rings. The molecule has 0 aliphatic heterocycles. The van der Waals surface area contributed by atoms with Crippen LogP contribution in [0.3, 0.4) is 0 Å². The quantitative estimate of drug-likeness (QED) is 0.466. The zero-order chi connectivity index (χ0) is 10.1. The topological polar surface area (TPSA) is 36.7 Å². The van der Waals surface area contributed by atoms with Crippen LogP contribution in [-0.2, 0) is 4.84 Å². The van der Waals surface area contributed by atoms with E-state index in [0.29, 0.717) is 0 Å². The number of nitrogens with one attached hydrogen (secondary N) is 1. The predicted molar refractivity (Wildman–Crippen MR) is 54.2 cm³/mol. The molecule has 0 spiro atoms. The van der Waals surface area contributed by atoms with Crippen LogP contribution in [-0.4, -0.2) is 13.2 Å². The van der Waals surface area contributed by atoms with Gasteiger partial charge in [-0.05, 0) is 12.8 Å². The third kappa shape index (κ3) is 8.22. The van der Waals surface area contributed by atoms with Gasteiger partial charge in [0.1, 0.15) is 6.10 Å². The first-order valence-electron chi connectivity index (χ1n) is 5.37. The molecule has 0 rings (SSSR count). The van der Waals surface area contributed by atoms with Gasteiger partial charge in [0.05, 0.1) is 7.05 Å². The van der Waals surface area contributed by atoms with E-state index in [1.54, 1.807) is 0 Å². The van der Waals surface area contributed by atoms with Gasteiger partial charge in [-0.2, -0.15) is 0 Å². The molecule has 80 valence electrons. The van der Waals surface area contributed by atoms with Gasteiger partial charge >= 0.3 is 0 Å². The smallest absolute Gasteiger partial charge is 0.117 e. The summed E-state index contributed by atoms with van der Waals surface area (Å²) in [6.07, 6.45) is 7.09. The maximum absolute atomic E-state index is 10.7. The fraction of sp³-hybridized carbons (Fsp3) is 1.00. The van der Waals surface area contributed by atoms with E-state index in [9.17, 15) is 5.21 Å². The molecule has 0 amide bonds. The molecule has 0 aromatic heterocycles. The molecule has 0 bridgehead atoms. The summed E-state index contributed by atoms with van der Waals surface area (Å²) in [6, 6.07) is 0. The Morgan fingerprint density at radius 3 is 2.38 bits per heavy atom. The molecule has 0 radical (unpaired) electrons. The first-order valence-corrected chi connectivity index (χ1v) is 5.37. The van der Waals surface area contributed by atoms with Gasteiger partial charge in [-0.1, -0.05) is 39.5 Å². The molecule has 0 aliphatic carbocycles. The Labute approximate surface area is 81.6 Å². The maximum Gasteiger partial charge on any atom is 0.117 e. The molecule has 0 aliphatic rings. The van der Waals surface area contributed by atoms with Crippen LogP contribution in [0.5, 0.6) is 0 Å². The Hall–Kier alpha value is -0.120. The highest BCUT2D eigenvalue weighted by Gasteiger charge is 2.08. The Morgan fingerprint density at radius 2 is 1.92 bits per heavy atom. The highest BCUT2D eigenvalue weighted by Crippen LogP contribution is 2.08. The van der Waals surface area contributed by atoms with Crippen LogP contribution in [0.4, 0.5) is 0 Å². The van der Waals surface area contributed by atoms with Crippen LogP contribution >= 0.6 is 0 Å². The lowest BCUT2D eigenvalue weighted by Gasteiger charge is -2.21. The van der Waals surface area contributed by atoms with Crippen molar-refractivity contribution in [2.45, 2.75) is 58.5 Å². The summed E-state index contributed by atoms with van der Waals surface area (Å²) in [5, 5.41) is 10.5. The molecule has 0 heterocycles. The predicted octanol–water partition coefficient (Wildman–Crippen LogP) is 1.68. The third-order valence-electron chi connectivity index (χ3n) is 2.17. The van der Waals surface area contributed by atoms with Crippen LogP contribution in [0.1, 0.15) is 52.4 Å². The fourth-order valence-electron chi connectivity index (χ4n) is 1.38. The molecule has 1 N–H and O–H groups in total. The van der Waals surface area contributed by atoms with E-state index >= 15 is 0 Å². The molecule has 0 saturated carbocycles. The number of hydrogen-bond donors (Lipinski definition) is 1. The highest BCUT2D eigenvalue weighted by atomic mass is 16.9. The largest absolute Gasteiger partial charge is 0.600 e. The van der Waals surface area contributed by atoms with Crippen molar-refractivity contribution in [2.75, 3.05) is 7.05 Å². The van der Waals surface area contributed by atoms with Crippen molar-refractivity contribution in [1.82, 2.24) is 0 Å². The first-order chi connectivity index (χ1) is 6.20. The third-order valence-corrected chi connectivity index (χ3v) is 2.17. The Kier molecular flexibility index (Phi) is 8.40. The lowest BCUT2D eigenvalue weighted by Crippen LogP contribution is -3.03. The van der Waals surface area contributed by atoms with E-state index in [2.05, 4.69) is 13.8 Å². The van der Waals surface area contributed by atoms with Crippen LogP contribution in [0, 0.1) is 5.21 Å². The summed E-state index contributed by atoms with van der Waals surface area (Å²) in [4.78, 5) is 5.14. The number of hydrogen-bond acceptors (Lipinski definition) is 2. The molecular weight excluding hydrogens is 166 g/mol. The molecule has 0 saturated heterocycles. The summed E-state index contributed by atoms with van der Waals surface area (Å²) in [7, 11) is 1.48. The lowest BCUT2D eigenvalue weighted by atomic mass is 10.1. The minimum atomic E-state index is -0.151. The lowest BCUT2D eigenvalue weighted by molar-refractivity contribution is -1.04. The second-order valence-corrected chi connectivity index (χ2v) is 3.49. The monoisotopic (exact) mass is 189 g/mol. The fourth-order valence-corrected chi connectivity index (χ4v) is 1.38. The van der Waals surface area contributed by atoms with Gasteiger partial charge in [-0.25, -0.2) is 10.1 Å². The molecule has 0 aromatic carbocycles. The normalized spacial score (nSPS) is 15.7. The molecule has 3 nitrogen and oxygen atoms in total. The van der Waals surface area contributed by atoms with Gasteiger partial charge in [-0.15, -0.1) is 0 Å². The summed E-state index contributed by atoms with van der Waals surface area (Å²) in [6.45, 7) is 4.26. The van der Waals surface area contributed by atoms with Gasteiger partial charge in [0, 0.05) is 0 Å². The highest BCUT2D eigenvalue weighted by molar-refractivity contribution is 4.53. The molecular formula is C10H23NO2. The molecule has 2 unspecified atom stereocenters. The van der Waals surface area contributed by atoms with Gasteiger partial charge < -0.3 is 5.21 Å². The van der Waals surface area contributed by atoms with E-state index < -0.39 is 0 Å². The van der Waals surface area contributed by atoms with Gasteiger partial charge in [-0.3, -0.25) is 0 Å². The van der Waals surface area contributed by atoms with Crippen molar-refractivity contribution >= 4 is 0 Å². The summed E-state index contributed by atoms with van der Waals surface area (Å²) in [5.74, 6) is 0. The van der Waals surface area contributed by atoms with Crippen LogP contribution < -0.4 is 5.23 Å². The van der Waals surface area contributed by atoms with Crippen molar-refractivity contribution in [3.05, 3.63) is 5.21 Å². The maximum atomic E-state index is 10.7. The number of unbranched alkanes of at least 4 members (excludes halogenated alkanes) is 3. The summed E-state index contributed by atoms with van der Waals surface area (Å²) >= 11 is 0. The van der Waals surface area contributed by atoms with Crippen molar-refractivity contribution in [1.29, 1.82) is 0 Å². The van der Waals surface area contributed by atoms with E-state index in [1.165, 1.54) is 32.7 Å². The molecule has 0 fully saturated rings. The first kappa shape index (κ1) is 12.9. The van der Waals surface area contributed by atoms with Crippen molar-refractivity contribution in [2.24, 2.45) is 0 Å². The van der Waals surface area contributed by atoms with E-state index in [-0.39, 0.29) is 11.3 Å². The molecule has 13 heavy (non-hydrogen) atoms. The number of quaternary nitrogens is 1. The zero-order valence-corrected chi connectivity index (χ0v) is 9.14. The molecule has 3 heteroatoms. The van der Waals surface area contributed by atoms with E-state index in [4.69, 9.17) is 4.84 Å². The summed E-state index contributed by atoms with van der Waals surface area (Å²) in [5.41, 5.74) is 0. The average molecular weight is 189 g/mol. The Morgan fingerprint density at radius 1 is 1.23 bits per heavy atom. The van der Waals surface area contributed by atoms with Crippen LogP contribution in [0.25, 0.3) is 0 Å². The van der Waals surface area contributed by atoms with Crippen molar-refractivity contribution in [3.63, 3.8) is 0 Å². The average Bonchev–Trinajstić information content (AvgIpc) is 2.09. The Bertz CT molecular complexity index is 107. The second-order valence-electron chi connectivity index (χ2n) is 3.49. The molecule has 2 atom stereocenters. The van der Waals surface area contributed by atoms with E-state index in [1.807, 2.05) is 0 Å². The SMILES string of the molecule is CCCCCCC(CC)O[NH+](C)[O-]. The standard InChI is InChI=1S/C10H23NO2/c1-4-6-7-8-9-10(5-2)13-11(3)12/h10-11H,4-9H2,1-3H3. The van der Waals surface area contributed by atoms with Gasteiger partial charge in [0.2, 0.25) is 0 Å². The second kappa shape index (κ2) is 8.48. The van der Waals surface area contributed by atoms with Crippen LogP contribution in [0.15, 0.2) is 0 Å². The summed E-state index contributed by atoms with van der Waals surface area (Å²) < 4.78 is 0. The van der Waals surface area contributed by atoms with E-state index in [0.717, 1.165) is 12.8 Å². The minimum absolute atomic E-state index is 0.148. The number of hydroxylamine groups is 2.